The molecule has 0 amide bonds. The number of hydrogen-bond acceptors (Lipinski definition) is 5. The van der Waals surface area contributed by atoms with Crippen molar-refractivity contribution in [2.45, 2.75) is 68.8 Å². The van der Waals surface area contributed by atoms with E-state index in [1.54, 1.807) is 0 Å². The summed E-state index contributed by atoms with van der Waals surface area (Å²) in [6.45, 7) is 4.72. The molecule has 0 bridgehead atoms. The van der Waals surface area contributed by atoms with Crippen LogP contribution in [0.25, 0.3) is 0 Å². The van der Waals surface area contributed by atoms with Gasteiger partial charge in [-0.15, -0.1) is 0 Å². The Morgan fingerprint density at radius 3 is 2.58 bits per heavy atom. The van der Waals surface area contributed by atoms with Gasteiger partial charge in [-0.25, -0.2) is 0 Å². The van der Waals surface area contributed by atoms with Gasteiger partial charge in [-0.05, 0) is 105 Å². The fourth-order valence-corrected chi connectivity index (χ4v) is 7.27. The van der Waals surface area contributed by atoms with Crippen molar-refractivity contribution in [2.75, 3.05) is 6.61 Å². The average molecular weight is 441 g/mol. The Morgan fingerprint density at radius 1 is 1.06 bits per heavy atom. The normalized spacial score (nSPS) is 34.0. The van der Waals surface area contributed by atoms with Gasteiger partial charge in [0.15, 0.2) is 0 Å². The Morgan fingerprint density at radius 2 is 1.84 bits per heavy atom. The predicted octanol–water partition coefficient (Wildman–Crippen LogP) is 5.93. The van der Waals surface area contributed by atoms with E-state index in [2.05, 4.69) is 13.8 Å². The zero-order valence-corrected chi connectivity index (χ0v) is 19.1. The lowest BCUT2D eigenvalue weighted by atomic mass is 9.53. The number of ether oxygens (including phenoxy) is 1. The maximum Gasteiger partial charge on any atom is 0.119 e. The monoisotopic (exact) mass is 440 g/mol. The van der Waals surface area contributed by atoms with Crippen molar-refractivity contribution in [1.82, 2.24) is 0 Å². The lowest BCUT2D eigenvalue weighted by Crippen LogP contribution is -2.53. The number of rotatable bonds is 4. The molecular formula is C26H32O4S. The molecule has 5 heteroatoms. The van der Waals surface area contributed by atoms with Gasteiger partial charge >= 0.3 is 0 Å². The van der Waals surface area contributed by atoms with Gasteiger partial charge in [0.05, 0.1) is 0 Å². The number of benzene rings is 2. The van der Waals surface area contributed by atoms with Gasteiger partial charge in [-0.1, -0.05) is 13.0 Å². The van der Waals surface area contributed by atoms with Gasteiger partial charge in [0.25, 0.3) is 0 Å². The summed E-state index contributed by atoms with van der Waals surface area (Å²) >= 11 is 0.719. The van der Waals surface area contributed by atoms with Crippen LogP contribution in [0.1, 0.15) is 61.6 Å². The fraction of sp³-hybridized carbons (Fsp3) is 0.538. The van der Waals surface area contributed by atoms with E-state index in [-0.39, 0.29) is 5.41 Å². The van der Waals surface area contributed by atoms with Crippen LogP contribution >= 0.6 is 12.0 Å². The van der Waals surface area contributed by atoms with Crippen molar-refractivity contribution in [3.63, 3.8) is 0 Å². The topological polar surface area (TPSA) is 69.9 Å². The predicted molar refractivity (Wildman–Crippen MR) is 123 cm³/mol. The molecule has 2 saturated carbocycles. The van der Waals surface area contributed by atoms with Gasteiger partial charge in [0.2, 0.25) is 0 Å². The number of phenolic OH excluding ortho intramolecular Hbond substituents is 1. The van der Waals surface area contributed by atoms with Crippen LogP contribution in [0.3, 0.4) is 0 Å². The van der Waals surface area contributed by atoms with Crippen LogP contribution in [0.4, 0.5) is 0 Å². The first-order chi connectivity index (χ1) is 14.9. The maximum absolute atomic E-state index is 11.8. The Hall–Kier alpha value is -1.69. The van der Waals surface area contributed by atoms with Crippen LogP contribution in [0, 0.1) is 24.2 Å². The minimum absolute atomic E-state index is 0.175. The lowest BCUT2D eigenvalue weighted by molar-refractivity contribution is -0.122. The summed E-state index contributed by atoms with van der Waals surface area (Å²) in [5, 5.41) is 22.5. The first-order valence-electron chi connectivity index (χ1n) is 11.4. The van der Waals surface area contributed by atoms with E-state index >= 15 is 0 Å². The molecule has 0 saturated heterocycles. The molecule has 0 radical (unpaired) electrons. The standard InChI is InChI=1S/C26H32O4S/c1-16-3-10-23(27)24-19(16)8-9-20-21(24)11-13-25(2)22(20)12-14-26(25,28)15-30-17-4-6-18(31-29)7-5-17/h3-7,10,20-22,27-29H,8-9,11-15H2,1-2H3/t20-,21+,22+,25+,26-/m1/s1. The van der Waals surface area contributed by atoms with Gasteiger partial charge in [-0.2, -0.15) is 0 Å². The highest BCUT2D eigenvalue weighted by molar-refractivity contribution is 7.93. The third-order valence-electron chi connectivity index (χ3n) is 8.83. The Balaban J connectivity index is 1.37. The molecule has 0 aliphatic heterocycles. The van der Waals surface area contributed by atoms with Crippen LogP contribution in [0.2, 0.25) is 0 Å². The van der Waals surface area contributed by atoms with Gasteiger partial charge in [-0.3, -0.25) is 0 Å². The van der Waals surface area contributed by atoms with E-state index in [0.29, 0.717) is 30.1 Å². The summed E-state index contributed by atoms with van der Waals surface area (Å²) in [5.74, 6) is 2.53. The SMILES string of the molecule is Cc1ccc(O)c2c1CC[C@@H]1[C@@H]2CC[C@@]2(C)[C@H]1CC[C@@]2(O)COc1ccc(SO)cc1. The second kappa shape index (κ2) is 7.72. The number of aliphatic hydroxyl groups is 1. The maximum atomic E-state index is 11.8. The Labute approximate surface area is 188 Å². The van der Waals surface area contributed by atoms with Gasteiger partial charge in [0, 0.05) is 27.9 Å². The molecule has 2 aromatic carbocycles. The summed E-state index contributed by atoms with van der Waals surface area (Å²) in [5.41, 5.74) is 2.81. The second-order valence-electron chi connectivity index (χ2n) is 10.1. The third-order valence-corrected chi connectivity index (χ3v) is 9.32. The smallest absolute Gasteiger partial charge is 0.119 e. The van der Waals surface area contributed by atoms with Crippen LogP contribution in [0.15, 0.2) is 41.3 Å². The van der Waals surface area contributed by atoms with Crippen molar-refractivity contribution in [3.05, 3.63) is 53.1 Å². The number of aryl methyl sites for hydroxylation is 1. The van der Waals surface area contributed by atoms with Crippen molar-refractivity contribution in [3.8, 4) is 11.5 Å². The molecule has 31 heavy (non-hydrogen) atoms. The van der Waals surface area contributed by atoms with Crippen LogP contribution in [0.5, 0.6) is 11.5 Å². The first-order valence-corrected chi connectivity index (χ1v) is 12.2. The summed E-state index contributed by atoms with van der Waals surface area (Å²) in [6.07, 6.45) is 5.89. The molecule has 0 heterocycles. The summed E-state index contributed by atoms with van der Waals surface area (Å²) < 4.78 is 15.2. The highest BCUT2D eigenvalue weighted by atomic mass is 32.2. The zero-order valence-electron chi connectivity index (χ0n) is 18.3. The molecule has 0 unspecified atom stereocenters. The van der Waals surface area contributed by atoms with Crippen molar-refractivity contribution < 1.29 is 19.5 Å². The number of aromatic hydroxyl groups is 1. The molecular weight excluding hydrogens is 408 g/mol. The molecule has 0 aromatic heterocycles. The molecule has 2 fully saturated rings. The fourth-order valence-electron chi connectivity index (χ4n) is 7.01. The third kappa shape index (κ3) is 3.28. The van der Waals surface area contributed by atoms with Gasteiger partial charge < -0.3 is 19.5 Å². The molecule has 3 aliphatic rings. The largest absolute Gasteiger partial charge is 0.508 e. The highest BCUT2D eigenvalue weighted by Crippen LogP contribution is 2.65. The molecule has 2 aromatic rings. The Kier molecular flexibility index (Phi) is 5.27. The Bertz CT molecular complexity index is 974. The minimum atomic E-state index is -0.845. The molecule has 5 rings (SSSR count). The van der Waals surface area contributed by atoms with Crippen molar-refractivity contribution >= 4 is 12.0 Å². The summed E-state index contributed by atoms with van der Waals surface area (Å²) in [4.78, 5) is 0.772. The zero-order chi connectivity index (χ0) is 21.8. The summed E-state index contributed by atoms with van der Waals surface area (Å²) in [7, 11) is 0. The molecule has 0 spiro atoms. The summed E-state index contributed by atoms with van der Waals surface area (Å²) in [6, 6.07) is 11.2. The molecule has 3 N–H and O–H groups in total. The average Bonchev–Trinajstić information content (AvgIpc) is 3.06. The molecule has 166 valence electrons. The molecule has 3 aliphatic carbocycles. The lowest BCUT2D eigenvalue weighted by Gasteiger charge is -2.53. The van der Waals surface area contributed by atoms with Crippen molar-refractivity contribution in [2.24, 2.45) is 17.3 Å². The van der Waals surface area contributed by atoms with Crippen LogP contribution in [-0.4, -0.2) is 27.0 Å². The second-order valence-corrected chi connectivity index (χ2v) is 10.7. The van der Waals surface area contributed by atoms with Gasteiger partial charge in [0.1, 0.15) is 23.7 Å². The number of fused-ring (bicyclic) bond motifs is 5. The number of phenols is 1. The number of hydrogen-bond donors (Lipinski definition) is 3. The van der Waals surface area contributed by atoms with E-state index < -0.39 is 5.60 Å². The molecule has 5 atom stereocenters. The molecule has 4 nitrogen and oxygen atoms in total. The van der Waals surface area contributed by atoms with E-state index in [0.717, 1.165) is 61.2 Å². The van der Waals surface area contributed by atoms with Crippen LogP contribution < -0.4 is 4.74 Å². The van der Waals surface area contributed by atoms with E-state index in [4.69, 9.17) is 9.29 Å². The van der Waals surface area contributed by atoms with E-state index in [1.165, 1.54) is 16.7 Å². The van der Waals surface area contributed by atoms with Crippen molar-refractivity contribution in [1.29, 1.82) is 0 Å². The van der Waals surface area contributed by atoms with Crippen LogP contribution in [-0.2, 0) is 6.42 Å². The van der Waals surface area contributed by atoms with E-state index in [1.807, 2.05) is 36.4 Å². The highest BCUT2D eigenvalue weighted by Gasteiger charge is 2.62. The van der Waals surface area contributed by atoms with E-state index in [9.17, 15) is 10.2 Å². The first kappa shape index (κ1) is 21.2. The quantitative estimate of drug-likeness (QED) is 0.514. The minimum Gasteiger partial charge on any atom is -0.508 e.